The molecule has 2 N–H and O–H groups in total. The summed E-state index contributed by atoms with van der Waals surface area (Å²) in [5, 5.41) is 7.32. The predicted molar refractivity (Wildman–Crippen MR) is 69.6 cm³/mol. The summed E-state index contributed by atoms with van der Waals surface area (Å²) >= 11 is 0. The molecular weight excluding hydrogens is 196 g/mol. The van der Waals surface area contributed by atoms with Crippen LogP contribution in [0.1, 0.15) is 52.4 Å². The Morgan fingerprint density at radius 2 is 2.12 bits per heavy atom. The van der Waals surface area contributed by atoms with E-state index in [1.807, 2.05) is 0 Å². The SMILES string of the molecule is CC(C)C1(CCC2CCNC2)CCCCN1. The third-order valence-electron chi connectivity index (χ3n) is 4.79. The van der Waals surface area contributed by atoms with E-state index in [4.69, 9.17) is 0 Å². The van der Waals surface area contributed by atoms with E-state index >= 15 is 0 Å². The molecule has 0 bridgehead atoms. The number of nitrogens with one attached hydrogen (secondary N) is 2. The lowest BCUT2D eigenvalue weighted by atomic mass is 9.75. The fourth-order valence-electron chi connectivity index (χ4n) is 3.41. The van der Waals surface area contributed by atoms with Crippen LogP contribution in [0.2, 0.25) is 0 Å². The van der Waals surface area contributed by atoms with E-state index in [9.17, 15) is 0 Å². The fraction of sp³-hybridized carbons (Fsp3) is 1.00. The van der Waals surface area contributed by atoms with Gasteiger partial charge in [0, 0.05) is 5.54 Å². The van der Waals surface area contributed by atoms with Crippen LogP contribution in [0.5, 0.6) is 0 Å². The lowest BCUT2D eigenvalue weighted by molar-refractivity contribution is 0.159. The molecule has 94 valence electrons. The van der Waals surface area contributed by atoms with Crippen molar-refractivity contribution in [3.8, 4) is 0 Å². The summed E-state index contributed by atoms with van der Waals surface area (Å²) < 4.78 is 0. The van der Waals surface area contributed by atoms with Gasteiger partial charge in [0.25, 0.3) is 0 Å². The van der Waals surface area contributed by atoms with Gasteiger partial charge in [-0.05, 0) is 63.6 Å². The van der Waals surface area contributed by atoms with Gasteiger partial charge in [-0.2, -0.15) is 0 Å². The molecule has 2 heterocycles. The van der Waals surface area contributed by atoms with Crippen molar-refractivity contribution in [2.75, 3.05) is 19.6 Å². The van der Waals surface area contributed by atoms with Crippen LogP contribution in [0.4, 0.5) is 0 Å². The van der Waals surface area contributed by atoms with Gasteiger partial charge in [0.15, 0.2) is 0 Å². The molecule has 2 unspecified atom stereocenters. The molecule has 2 rings (SSSR count). The molecule has 0 radical (unpaired) electrons. The molecule has 2 aliphatic heterocycles. The quantitative estimate of drug-likeness (QED) is 0.767. The van der Waals surface area contributed by atoms with Crippen LogP contribution >= 0.6 is 0 Å². The van der Waals surface area contributed by atoms with Gasteiger partial charge < -0.3 is 10.6 Å². The zero-order valence-electron chi connectivity index (χ0n) is 11.0. The molecule has 16 heavy (non-hydrogen) atoms. The molecule has 2 atom stereocenters. The van der Waals surface area contributed by atoms with Gasteiger partial charge >= 0.3 is 0 Å². The van der Waals surface area contributed by atoms with Gasteiger partial charge in [0.05, 0.1) is 0 Å². The van der Waals surface area contributed by atoms with Crippen molar-refractivity contribution >= 4 is 0 Å². The second-order valence-electron chi connectivity index (χ2n) is 6.09. The van der Waals surface area contributed by atoms with E-state index in [0.717, 1.165) is 11.8 Å². The fourth-order valence-corrected chi connectivity index (χ4v) is 3.41. The molecule has 0 aromatic rings. The highest BCUT2D eigenvalue weighted by atomic mass is 15.0. The molecule has 2 saturated heterocycles. The Kier molecular flexibility index (Phi) is 4.26. The van der Waals surface area contributed by atoms with E-state index in [1.54, 1.807) is 0 Å². The van der Waals surface area contributed by atoms with Gasteiger partial charge in [-0.25, -0.2) is 0 Å². The molecule has 2 fully saturated rings. The minimum absolute atomic E-state index is 0.459. The standard InChI is InChI=1S/C14H28N2/c1-12(2)14(7-3-4-9-16-14)8-5-13-6-10-15-11-13/h12-13,15-16H,3-11H2,1-2H3. The van der Waals surface area contributed by atoms with Gasteiger partial charge in [0.1, 0.15) is 0 Å². The summed E-state index contributed by atoms with van der Waals surface area (Å²) in [6.07, 6.45) is 8.39. The number of piperidine rings is 1. The first-order valence-corrected chi connectivity index (χ1v) is 7.19. The zero-order chi connectivity index (χ0) is 11.4. The summed E-state index contributed by atoms with van der Waals surface area (Å²) in [6, 6.07) is 0. The molecule has 0 saturated carbocycles. The molecule has 0 aromatic heterocycles. The summed E-state index contributed by atoms with van der Waals surface area (Å²) in [5.41, 5.74) is 0.459. The van der Waals surface area contributed by atoms with E-state index in [2.05, 4.69) is 24.5 Å². The maximum atomic E-state index is 3.84. The molecular formula is C14H28N2. The first-order valence-electron chi connectivity index (χ1n) is 7.19. The van der Waals surface area contributed by atoms with Gasteiger partial charge in [-0.15, -0.1) is 0 Å². The molecule has 0 aromatic carbocycles. The van der Waals surface area contributed by atoms with Crippen LogP contribution in [-0.2, 0) is 0 Å². The second kappa shape index (κ2) is 5.50. The molecule has 0 spiro atoms. The average molecular weight is 224 g/mol. The van der Waals surface area contributed by atoms with Gasteiger partial charge in [-0.3, -0.25) is 0 Å². The second-order valence-corrected chi connectivity index (χ2v) is 6.09. The minimum Gasteiger partial charge on any atom is -0.316 e. The van der Waals surface area contributed by atoms with Crippen molar-refractivity contribution in [2.24, 2.45) is 11.8 Å². The average Bonchev–Trinajstić information content (AvgIpc) is 2.80. The Bertz CT molecular complexity index is 201. The van der Waals surface area contributed by atoms with Gasteiger partial charge in [-0.1, -0.05) is 20.3 Å². The van der Waals surface area contributed by atoms with Crippen LogP contribution < -0.4 is 10.6 Å². The monoisotopic (exact) mass is 224 g/mol. The van der Waals surface area contributed by atoms with Crippen molar-refractivity contribution in [3.05, 3.63) is 0 Å². The summed E-state index contributed by atoms with van der Waals surface area (Å²) in [6.45, 7) is 8.53. The van der Waals surface area contributed by atoms with Crippen molar-refractivity contribution in [1.29, 1.82) is 0 Å². The summed E-state index contributed by atoms with van der Waals surface area (Å²) in [4.78, 5) is 0. The maximum Gasteiger partial charge on any atom is 0.0204 e. The first kappa shape index (κ1) is 12.4. The smallest absolute Gasteiger partial charge is 0.0204 e. The van der Waals surface area contributed by atoms with Crippen LogP contribution in [0.15, 0.2) is 0 Å². The van der Waals surface area contributed by atoms with Crippen LogP contribution in [0.3, 0.4) is 0 Å². The first-order chi connectivity index (χ1) is 7.73. The zero-order valence-corrected chi connectivity index (χ0v) is 11.0. The van der Waals surface area contributed by atoms with E-state index in [0.29, 0.717) is 5.54 Å². The van der Waals surface area contributed by atoms with E-state index in [1.165, 1.54) is 58.2 Å². The number of hydrogen-bond acceptors (Lipinski definition) is 2. The topological polar surface area (TPSA) is 24.1 Å². The van der Waals surface area contributed by atoms with Gasteiger partial charge in [0.2, 0.25) is 0 Å². The normalized spacial score (nSPS) is 35.8. The highest BCUT2D eigenvalue weighted by molar-refractivity contribution is 4.94. The Hall–Kier alpha value is -0.0800. The third kappa shape index (κ3) is 2.78. The van der Waals surface area contributed by atoms with Crippen molar-refractivity contribution in [3.63, 3.8) is 0 Å². The van der Waals surface area contributed by atoms with Crippen molar-refractivity contribution in [1.82, 2.24) is 10.6 Å². The summed E-state index contributed by atoms with van der Waals surface area (Å²) in [7, 11) is 0. The Morgan fingerprint density at radius 3 is 2.69 bits per heavy atom. The van der Waals surface area contributed by atoms with Crippen LogP contribution in [0, 0.1) is 11.8 Å². The minimum atomic E-state index is 0.459. The van der Waals surface area contributed by atoms with Crippen LogP contribution in [0.25, 0.3) is 0 Å². The predicted octanol–water partition coefficient (Wildman–Crippen LogP) is 2.54. The molecule has 2 aliphatic rings. The summed E-state index contributed by atoms with van der Waals surface area (Å²) in [5.74, 6) is 1.72. The largest absolute Gasteiger partial charge is 0.316 e. The molecule has 2 heteroatoms. The van der Waals surface area contributed by atoms with Crippen molar-refractivity contribution in [2.45, 2.75) is 57.9 Å². The van der Waals surface area contributed by atoms with E-state index in [-0.39, 0.29) is 0 Å². The molecule has 0 amide bonds. The Balaban J connectivity index is 1.86. The highest BCUT2D eigenvalue weighted by Crippen LogP contribution is 2.33. The lowest BCUT2D eigenvalue weighted by Crippen LogP contribution is -2.52. The van der Waals surface area contributed by atoms with Crippen LogP contribution in [-0.4, -0.2) is 25.2 Å². The third-order valence-corrected chi connectivity index (χ3v) is 4.79. The van der Waals surface area contributed by atoms with E-state index < -0.39 is 0 Å². The number of hydrogen-bond donors (Lipinski definition) is 2. The Labute approximate surface area is 101 Å². The highest BCUT2D eigenvalue weighted by Gasteiger charge is 2.35. The molecule has 2 nitrogen and oxygen atoms in total. The maximum absolute atomic E-state index is 3.84. The lowest BCUT2D eigenvalue weighted by Gasteiger charge is -2.43. The molecule has 0 aliphatic carbocycles. The number of rotatable bonds is 4. The van der Waals surface area contributed by atoms with Crippen molar-refractivity contribution < 1.29 is 0 Å². The Morgan fingerprint density at radius 1 is 1.25 bits per heavy atom.